The van der Waals surface area contributed by atoms with E-state index in [1.165, 1.54) is 6.08 Å². The minimum atomic E-state index is -0.978. The Bertz CT molecular complexity index is 578. The molecule has 22 heavy (non-hydrogen) atoms. The topological polar surface area (TPSA) is 18.5 Å². The van der Waals surface area contributed by atoms with Crippen molar-refractivity contribution in [3.8, 4) is 0 Å². The van der Waals surface area contributed by atoms with E-state index in [9.17, 15) is 13.2 Å². The third kappa shape index (κ3) is 3.21. The summed E-state index contributed by atoms with van der Waals surface area (Å²) >= 11 is 4.18. The highest BCUT2D eigenvalue weighted by Crippen LogP contribution is 2.39. The monoisotopic (exact) mass is 330 g/mol. The van der Waals surface area contributed by atoms with Gasteiger partial charge in [-0.2, -0.15) is 12.6 Å². The molecule has 1 saturated heterocycles. The lowest BCUT2D eigenvalue weighted by molar-refractivity contribution is 0.00578. The van der Waals surface area contributed by atoms with Crippen LogP contribution in [0.25, 0.3) is 6.08 Å². The summed E-state index contributed by atoms with van der Waals surface area (Å²) in [5.41, 5.74) is -1.01. The van der Waals surface area contributed by atoms with E-state index in [0.29, 0.717) is 17.6 Å². The Balaban J connectivity index is 2.38. The van der Waals surface area contributed by atoms with Crippen LogP contribution in [0.4, 0.5) is 13.2 Å². The van der Waals surface area contributed by atoms with Crippen molar-refractivity contribution in [2.24, 2.45) is 0 Å². The third-order valence-corrected chi connectivity index (χ3v) is 4.48. The number of halogens is 3. The first-order valence-corrected chi connectivity index (χ1v) is 7.52. The minimum Gasteiger partial charge on any atom is -0.400 e. The first kappa shape index (κ1) is 17.4. The molecular formula is C15H18BF3O2S. The van der Waals surface area contributed by atoms with Crippen LogP contribution in [0.1, 0.15) is 33.3 Å². The van der Waals surface area contributed by atoms with Crippen LogP contribution in [0.2, 0.25) is 0 Å². The molecule has 0 amide bonds. The van der Waals surface area contributed by atoms with Gasteiger partial charge in [-0.05, 0) is 33.2 Å². The van der Waals surface area contributed by atoms with Gasteiger partial charge in [-0.1, -0.05) is 6.08 Å². The highest BCUT2D eigenvalue weighted by molar-refractivity contribution is 7.80. The second kappa shape index (κ2) is 5.94. The van der Waals surface area contributed by atoms with E-state index in [-0.39, 0.29) is 11.3 Å². The summed E-state index contributed by atoms with van der Waals surface area (Å²) in [5.74, 6) is -2.73. The fraction of sp³-hybridized carbons (Fsp3) is 0.467. The van der Waals surface area contributed by atoms with Crippen LogP contribution in [0.15, 0.2) is 17.6 Å². The number of hydrogen-bond donors (Lipinski definition) is 1. The number of hydrogen-bond acceptors (Lipinski definition) is 3. The van der Waals surface area contributed by atoms with Crippen LogP contribution < -0.4 is 0 Å². The molecule has 1 aromatic carbocycles. The summed E-state index contributed by atoms with van der Waals surface area (Å²) in [7, 11) is -0.758. The molecule has 0 unspecified atom stereocenters. The first-order chi connectivity index (χ1) is 10.1. The van der Waals surface area contributed by atoms with Crippen molar-refractivity contribution < 1.29 is 22.5 Å². The van der Waals surface area contributed by atoms with Gasteiger partial charge in [0.25, 0.3) is 0 Å². The molecule has 0 spiro atoms. The fourth-order valence-electron chi connectivity index (χ4n) is 2.06. The molecule has 0 N–H and O–H groups in total. The zero-order valence-corrected chi connectivity index (χ0v) is 13.8. The largest absolute Gasteiger partial charge is 0.491 e. The van der Waals surface area contributed by atoms with Gasteiger partial charge in [0, 0.05) is 23.4 Å². The Kier molecular flexibility index (Phi) is 4.71. The molecule has 0 atom stereocenters. The maximum atomic E-state index is 13.8. The molecular weight excluding hydrogens is 312 g/mol. The Morgan fingerprint density at radius 2 is 1.55 bits per heavy atom. The van der Waals surface area contributed by atoms with E-state index in [4.69, 9.17) is 9.31 Å². The molecule has 0 aliphatic carbocycles. The van der Waals surface area contributed by atoms with Gasteiger partial charge in [0.15, 0.2) is 0 Å². The van der Waals surface area contributed by atoms with Crippen LogP contribution in [0.5, 0.6) is 0 Å². The minimum absolute atomic E-state index is 0.188. The highest BCUT2D eigenvalue weighted by Gasteiger charge is 2.52. The Labute approximate surface area is 134 Å². The predicted molar refractivity (Wildman–Crippen MR) is 84.2 cm³/mol. The van der Waals surface area contributed by atoms with Gasteiger partial charge in [-0.3, -0.25) is 0 Å². The zero-order valence-electron chi connectivity index (χ0n) is 12.9. The molecule has 0 saturated carbocycles. The van der Waals surface area contributed by atoms with Gasteiger partial charge in [0.1, 0.15) is 17.5 Å². The van der Waals surface area contributed by atoms with Crippen molar-refractivity contribution in [2.45, 2.75) is 38.9 Å². The Hall–Kier alpha value is -0.915. The van der Waals surface area contributed by atoms with E-state index < -0.39 is 35.8 Å². The smallest absolute Gasteiger partial charge is 0.400 e. The van der Waals surface area contributed by atoms with Crippen LogP contribution >= 0.6 is 12.6 Å². The van der Waals surface area contributed by atoms with Crippen LogP contribution in [0, 0.1) is 17.5 Å². The lowest BCUT2D eigenvalue weighted by Crippen LogP contribution is -2.41. The summed E-state index contributed by atoms with van der Waals surface area (Å²) in [4.78, 5) is 0. The molecule has 1 aliphatic rings. The van der Waals surface area contributed by atoms with Crippen molar-refractivity contribution >= 4 is 25.8 Å². The lowest BCUT2D eigenvalue weighted by Gasteiger charge is -2.32. The van der Waals surface area contributed by atoms with Gasteiger partial charge >= 0.3 is 7.12 Å². The number of benzene rings is 1. The average Bonchev–Trinajstić information content (AvgIpc) is 2.57. The number of thiol groups is 1. The maximum Gasteiger partial charge on any atom is 0.491 e. The molecule has 1 aromatic rings. The fourth-order valence-corrected chi connectivity index (χ4v) is 2.30. The van der Waals surface area contributed by atoms with Gasteiger partial charge in [-0.15, -0.1) is 0 Å². The lowest BCUT2D eigenvalue weighted by atomic mass is 9.78. The Morgan fingerprint density at radius 3 is 1.95 bits per heavy atom. The van der Waals surface area contributed by atoms with E-state index >= 15 is 0 Å². The quantitative estimate of drug-likeness (QED) is 0.666. The summed E-state index contributed by atoms with van der Waals surface area (Å²) in [6.07, 6.45) is 1.26. The normalized spacial score (nSPS) is 20.5. The summed E-state index contributed by atoms with van der Waals surface area (Å²) in [5, 5.41) is 0. The molecule has 120 valence electrons. The van der Waals surface area contributed by atoms with Gasteiger partial charge in [-0.25, -0.2) is 13.2 Å². The molecule has 1 aliphatic heterocycles. The molecule has 1 heterocycles. The summed E-state index contributed by atoms with van der Waals surface area (Å²) in [6.45, 7) is 7.51. The molecule has 1 fully saturated rings. The second-order valence-electron chi connectivity index (χ2n) is 6.25. The van der Waals surface area contributed by atoms with E-state index in [0.717, 1.165) is 0 Å². The molecule has 0 aromatic heterocycles. The second-order valence-corrected chi connectivity index (χ2v) is 6.56. The van der Waals surface area contributed by atoms with Crippen molar-refractivity contribution in [3.63, 3.8) is 0 Å². The van der Waals surface area contributed by atoms with Crippen LogP contribution in [0.3, 0.4) is 0 Å². The van der Waals surface area contributed by atoms with Crippen molar-refractivity contribution in [3.05, 3.63) is 40.6 Å². The van der Waals surface area contributed by atoms with Crippen molar-refractivity contribution in [1.82, 2.24) is 0 Å². The number of rotatable bonds is 3. The maximum absolute atomic E-state index is 13.8. The first-order valence-electron chi connectivity index (χ1n) is 6.89. The summed E-state index contributed by atoms with van der Waals surface area (Å²) < 4.78 is 52.2. The van der Waals surface area contributed by atoms with Crippen molar-refractivity contribution in [1.29, 1.82) is 0 Å². The third-order valence-electron chi connectivity index (χ3n) is 4.11. The highest BCUT2D eigenvalue weighted by atomic mass is 32.1. The molecule has 7 heteroatoms. The van der Waals surface area contributed by atoms with Crippen molar-refractivity contribution in [2.75, 3.05) is 5.75 Å². The Morgan fingerprint density at radius 1 is 1.09 bits per heavy atom. The van der Waals surface area contributed by atoms with E-state index in [1.807, 2.05) is 27.7 Å². The van der Waals surface area contributed by atoms with Gasteiger partial charge in [0.05, 0.1) is 11.2 Å². The predicted octanol–water partition coefficient (Wildman–Crippen LogP) is 4.05. The molecule has 2 rings (SSSR count). The van der Waals surface area contributed by atoms with E-state index in [1.54, 1.807) is 0 Å². The van der Waals surface area contributed by atoms with E-state index in [2.05, 4.69) is 12.6 Å². The van der Waals surface area contributed by atoms with Gasteiger partial charge in [0.2, 0.25) is 0 Å². The standard InChI is InChI=1S/C15H18BF3O2S/c1-14(2)15(3,4)21-16(20-14)9(8-22)5-11-12(18)6-10(17)7-13(11)19/h5-7,22H,8H2,1-4H3. The van der Waals surface area contributed by atoms with Crippen LogP contribution in [-0.2, 0) is 9.31 Å². The molecule has 0 radical (unpaired) electrons. The SMILES string of the molecule is CC1(C)OB(C(=Cc2c(F)cc(F)cc2F)CS)OC1(C)C. The molecule has 0 bridgehead atoms. The molecule has 2 nitrogen and oxygen atoms in total. The summed E-state index contributed by atoms with van der Waals surface area (Å²) in [6, 6.07) is 1.27. The zero-order chi connectivity index (χ0) is 16.7. The van der Waals surface area contributed by atoms with Crippen LogP contribution in [-0.4, -0.2) is 24.1 Å². The average molecular weight is 330 g/mol. The van der Waals surface area contributed by atoms with Gasteiger partial charge < -0.3 is 9.31 Å².